The topological polar surface area (TPSA) is 20.2 Å². The third kappa shape index (κ3) is 4.73. The average molecular weight is 383 g/mol. The summed E-state index contributed by atoms with van der Waals surface area (Å²) in [4.78, 5) is 0. The van der Waals surface area contributed by atoms with E-state index in [1.54, 1.807) is 5.57 Å². The molecule has 0 aromatic carbocycles. The molecular formula is C27H42O. The van der Waals surface area contributed by atoms with Crippen LogP contribution in [0.2, 0.25) is 0 Å². The largest absolute Gasteiger partial charge is 0.393 e. The van der Waals surface area contributed by atoms with Gasteiger partial charge >= 0.3 is 0 Å². The molecule has 28 heavy (non-hydrogen) atoms. The first kappa shape index (κ1) is 21.6. The Hall–Kier alpha value is -1.08. The van der Waals surface area contributed by atoms with E-state index in [1.807, 2.05) is 0 Å². The third-order valence-corrected chi connectivity index (χ3v) is 7.91. The molecule has 0 unspecified atom stereocenters. The van der Waals surface area contributed by atoms with Crippen molar-refractivity contribution < 1.29 is 5.11 Å². The number of hydrogen-bond acceptors (Lipinski definition) is 1. The number of allylic oxidation sites excluding steroid dienone is 6. The van der Waals surface area contributed by atoms with Crippen molar-refractivity contribution in [3.63, 3.8) is 0 Å². The molecule has 3 aliphatic rings. The predicted octanol–water partition coefficient (Wildman–Crippen LogP) is 7.40. The van der Waals surface area contributed by atoms with Crippen molar-refractivity contribution in [3.05, 3.63) is 47.6 Å². The maximum Gasteiger partial charge on any atom is 0.0583 e. The molecule has 3 rings (SSSR count). The highest BCUT2D eigenvalue weighted by molar-refractivity contribution is 5.36. The molecule has 156 valence electrons. The van der Waals surface area contributed by atoms with Crippen LogP contribution < -0.4 is 0 Å². The Kier molecular flexibility index (Phi) is 7.07. The summed E-state index contributed by atoms with van der Waals surface area (Å²) in [5.41, 5.74) is 4.62. The highest BCUT2D eigenvalue weighted by Crippen LogP contribution is 2.59. The number of fused-ring (bicyclic) bond motifs is 1. The molecule has 3 aliphatic carbocycles. The van der Waals surface area contributed by atoms with Gasteiger partial charge in [0.2, 0.25) is 0 Å². The standard InChI is InChI=1S/C27H42O/c1-19(2)8-6-9-21(4)25-15-16-26-22(10-7-17-27(25,26)5)12-13-23-18-24(28)14-11-20(23)3/h6,9,12-13,19,21,24-26,28H,3,7-8,10-11,14-18H2,1-2,4-5H3/b9-6+,22-12+,23-13-/t21-,24+,25-,26-,27-/m1/s1. The van der Waals surface area contributed by atoms with Crippen LogP contribution in [0.3, 0.4) is 0 Å². The van der Waals surface area contributed by atoms with Crippen LogP contribution in [-0.2, 0) is 0 Å². The Morgan fingerprint density at radius 3 is 2.68 bits per heavy atom. The van der Waals surface area contributed by atoms with Crippen LogP contribution in [0.15, 0.2) is 47.6 Å². The molecule has 1 heteroatoms. The smallest absolute Gasteiger partial charge is 0.0583 e. The fourth-order valence-corrected chi connectivity index (χ4v) is 6.24. The summed E-state index contributed by atoms with van der Waals surface area (Å²) in [6, 6.07) is 0. The molecule has 0 aliphatic heterocycles. The van der Waals surface area contributed by atoms with E-state index in [-0.39, 0.29) is 6.10 Å². The molecule has 0 aromatic rings. The Bertz CT molecular complexity index is 649. The molecule has 1 N–H and O–H groups in total. The van der Waals surface area contributed by atoms with Gasteiger partial charge in [-0.25, -0.2) is 0 Å². The lowest BCUT2D eigenvalue weighted by molar-refractivity contribution is 0.112. The molecule has 3 fully saturated rings. The molecular weight excluding hydrogens is 340 g/mol. The first-order valence-corrected chi connectivity index (χ1v) is 11.7. The lowest BCUT2D eigenvalue weighted by atomic mass is 9.61. The van der Waals surface area contributed by atoms with E-state index >= 15 is 0 Å². The van der Waals surface area contributed by atoms with Crippen LogP contribution in [0, 0.1) is 29.1 Å². The van der Waals surface area contributed by atoms with Gasteiger partial charge in [-0.15, -0.1) is 0 Å². The molecule has 0 amide bonds. The Balaban J connectivity index is 1.74. The molecule has 0 heterocycles. The van der Waals surface area contributed by atoms with Crippen molar-refractivity contribution in [2.24, 2.45) is 29.1 Å². The first-order chi connectivity index (χ1) is 13.3. The fourth-order valence-electron chi connectivity index (χ4n) is 6.24. The number of hydrogen-bond donors (Lipinski definition) is 1. The average Bonchev–Trinajstić information content (AvgIpc) is 2.99. The van der Waals surface area contributed by atoms with E-state index in [9.17, 15) is 5.11 Å². The molecule has 0 spiro atoms. The van der Waals surface area contributed by atoms with Crippen LogP contribution in [-0.4, -0.2) is 11.2 Å². The lowest BCUT2D eigenvalue weighted by Gasteiger charge is -2.44. The van der Waals surface area contributed by atoms with Gasteiger partial charge in [0.05, 0.1) is 6.10 Å². The molecule has 3 saturated carbocycles. The molecule has 1 nitrogen and oxygen atoms in total. The second-order valence-corrected chi connectivity index (χ2v) is 10.4. The van der Waals surface area contributed by atoms with Crippen molar-refractivity contribution in [1.82, 2.24) is 0 Å². The van der Waals surface area contributed by atoms with E-state index in [0.29, 0.717) is 11.3 Å². The van der Waals surface area contributed by atoms with Gasteiger partial charge in [0, 0.05) is 0 Å². The Morgan fingerprint density at radius 2 is 1.93 bits per heavy atom. The highest BCUT2D eigenvalue weighted by Gasteiger charge is 2.50. The zero-order chi connectivity index (χ0) is 20.3. The van der Waals surface area contributed by atoms with Gasteiger partial charge in [-0.2, -0.15) is 0 Å². The minimum Gasteiger partial charge on any atom is -0.393 e. The summed E-state index contributed by atoms with van der Waals surface area (Å²) >= 11 is 0. The van der Waals surface area contributed by atoms with Crippen molar-refractivity contribution >= 4 is 0 Å². The molecule has 0 aromatic heterocycles. The van der Waals surface area contributed by atoms with Crippen LogP contribution >= 0.6 is 0 Å². The summed E-state index contributed by atoms with van der Waals surface area (Å²) in [6.07, 6.45) is 19.9. The van der Waals surface area contributed by atoms with Gasteiger partial charge in [0.25, 0.3) is 0 Å². The second-order valence-electron chi connectivity index (χ2n) is 10.4. The summed E-state index contributed by atoms with van der Waals surface area (Å²) in [7, 11) is 0. The van der Waals surface area contributed by atoms with Gasteiger partial charge in [0.1, 0.15) is 0 Å². The highest BCUT2D eigenvalue weighted by atomic mass is 16.3. The van der Waals surface area contributed by atoms with Gasteiger partial charge in [-0.3, -0.25) is 0 Å². The Labute approximate surface area is 173 Å². The van der Waals surface area contributed by atoms with E-state index in [2.05, 4.69) is 58.6 Å². The van der Waals surface area contributed by atoms with E-state index in [0.717, 1.165) is 37.0 Å². The molecule has 0 bridgehead atoms. The fraction of sp³-hybridized carbons (Fsp3) is 0.704. The van der Waals surface area contributed by atoms with Crippen LogP contribution in [0.25, 0.3) is 0 Å². The van der Waals surface area contributed by atoms with E-state index < -0.39 is 0 Å². The van der Waals surface area contributed by atoms with E-state index in [4.69, 9.17) is 0 Å². The minimum atomic E-state index is -0.180. The molecule has 0 saturated heterocycles. The SMILES string of the molecule is C=C1CC[C@H](O)C/C1=C/C=C1\CCC[C@@]2(C)[C@@H]1CC[C@@H]2[C@H](C)/C=C/CC(C)C. The summed E-state index contributed by atoms with van der Waals surface area (Å²) in [5.74, 6) is 2.98. The van der Waals surface area contributed by atoms with E-state index in [1.165, 1.54) is 49.7 Å². The third-order valence-electron chi connectivity index (χ3n) is 7.91. The number of aliphatic hydroxyl groups excluding tert-OH is 1. The van der Waals surface area contributed by atoms with Crippen LogP contribution in [0.5, 0.6) is 0 Å². The lowest BCUT2D eigenvalue weighted by Crippen LogP contribution is -2.35. The van der Waals surface area contributed by atoms with Crippen LogP contribution in [0.1, 0.15) is 85.5 Å². The zero-order valence-electron chi connectivity index (χ0n) is 18.7. The number of rotatable bonds is 5. The van der Waals surface area contributed by atoms with Gasteiger partial charge in [-0.05, 0) is 92.4 Å². The summed E-state index contributed by atoms with van der Waals surface area (Å²) in [5, 5.41) is 10.0. The minimum absolute atomic E-state index is 0.180. The second kappa shape index (κ2) is 9.16. The summed E-state index contributed by atoms with van der Waals surface area (Å²) in [6.45, 7) is 13.9. The first-order valence-electron chi connectivity index (χ1n) is 11.7. The number of aliphatic hydroxyl groups is 1. The van der Waals surface area contributed by atoms with Gasteiger partial charge < -0.3 is 5.11 Å². The molecule has 0 radical (unpaired) electrons. The van der Waals surface area contributed by atoms with Crippen molar-refractivity contribution in [2.45, 2.75) is 91.6 Å². The van der Waals surface area contributed by atoms with Crippen molar-refractivity contribution in [2.75, 3.05) is 0 Å². The quantitative estimate of drug-likeness (QED) is 0.491. The Morgan fingerprint density at radius 1 is 1.14 bits per heavy atom. The van der Waals surface area contributed by atoms with Gasteiger partial charge in [-0.1, -0.05) is 69.7 Å². The van der Waals surface area contributed by atoms with Crippen molar-refractivity contribution in [3.8, 4) is 0 Å². The monoisotopic (exact) mass is 382 g/mol. The van der Waals surface area contributed by atoms with Gasteiger partial charge in [0.15, 0.2) is 0 Å². The summed E-state index contributed by atoms with van der Waals surface area (Å²) < 4.78 is 0. The van der Waals surface area contributed by atoms with Crippen LogP contribution in [0.4, 0.5) is 0 Å². The maximum atomic E-state index is 10.0. The zero-order valence-corrected chi connectivity index (χ0v) is 18.7. The maximum absolute atomic E-state index is 10.0. The normalized spacial score (nSPS) is 37.9. The molecule has 5 atom stereocenters. The predicted molar refractivity (Wildman–Crippen MR) is 121 cm³/mol. The van der Waals surface area contributed by atoms with Crippen molar-refractivity contribution in [1.29, 1.82) is 0 Å².